The first-order chi connectivity index (χ1) is 12.9. The molecular formula is C19H20N2O5S. The summed E-state index contributed by atoms with van der Waals surface area (Å²) in [4.78, 5) is 23.5. The number of carbonyl (C=O) groups excluding carboxylic acids is 2. The van der Waals surface area contributed by atoms with Gasteiger partial charge >= 0.3 is 0 Å². The summed E-state index contributed by atoms with van der Waals surface area (Å²) < 4.78 is 30.2. The van der Waals surface area contributed by atoms with E-state index in [1.54, 1.807) is 12.1 Å². The molecule has 0 bridgehead atoms. The summed E-state index contributed by atoms with van der Waals surface area (Å²) in [5, 5.41) is 5.26. The standard InChI is InChI=1S/C19H20N2O5S/c1-2-13-3-5-14(6-4-13)20-18(22)9-10-27(24,25)15-7-8-17-16(11-15)21-19(23)12-26-17/h3-8,11H,2,9-10,12H2,1H3,(H,20,22)(H,21,23). The second-order valence-corrected chi connectivity index (χ2v) is 8.27. The molecule has 0 spiro atoms. The van der Waals surface area contributed by atoms with Gasteiger partial charge in [0, 0.05) is 12.1 Å². The second kappa shape index (κ2) is 7.79. The van der Waals surface area contributed by atoms with Crippen molar-refractivity contribution in [3.63, 3.8) is 0 Å². The molecule has 1 aliphatic rings. The number of rotatable bonds is 6. The molecule has 2 aromatic carbocycles. The summed E-state index contributed by atoms with van der Waals surface area (Å²) in [5.41, 5.74) is 2.09. The van der Waals surface area contributed by atoms with Gasteiger partial charge in [-0.2, -0.15) is 0 Å². The van der Waals surface area contributed by atoms with E-state index in [0.717, 1.165) is 12.0 Å². The zero-order valence-corrected chi connectivity index (χ0v) is 15.6. The van der Waals surface area contributed by atoms with Gasteiger partial charge in [-0.3, -0.25) is 9.59 Å². The van der Waals surface area contributed by atoms with E-state index in [-0.39, 0.29) is 35.5 Å². The number of amides is 2. The summed E-state index contributed by atoms with van der Waals surface area (Å²) in [6.07, 6.45) is 0.733. The minimum absolute atomic E-state index is 0.0344. The number of ether oxygens (including phenoxy) is 1. The first-order valence-corrected chi connectivity index (χ1v) is 10.2. The molecule has 8 heteroatoms. The molecule has 0 saturated heterocycles. The molecule has 0 atom stereocenters. The fraction of sp³-hybridized carbons (Fsp3) is 0.263. The predicted molar refractivity (Wildman–Crippen MR) is 102 cm³/mol. The molecule has 1 heterocycles. The summed E-state index contributed by atoms with van der Waals surface area (Å²) in [6.45, 7) is 1.94. The van der Waals surface area contributed by atoms with E-state index in [0.29, 0.717) is 17.1 Å². The van der Waals surface area contributed by atoms with Gasteiger partial charge in [0.2, 0.25) is 5.91 Å². The maximum atomic E-state index is 12.5. The fourth-order valence-electron chi connectivity index (χ4n) is 2.65. The van der Waals surface area contributed by atoms with Crippen molar-refractivity contribution in [2.24, 2.45) is 0 Å². The van der Waals surface area contributed by atoms with Gasteiger partial charge in [0.05, 0.1) is 16.3 Å². The number of aryl methyl sites for hydroxylation is 1. The first kappa shape index (κ1) is 18.9. The van der Waals surface area contributed by atoms with Crippen LogP contribution in [0.5, 0.6) is 5.75 Å². The Hall–Kier alpha value is -2.87. The van der Waals surface area contributed by atoms with E-state index in [1.165, 1.54) is 18.2 Å². The number of benzene rings is 2. The Labute approximate surface area is 157 Å². The lowest BCUT2D eigenvalue weighted by atomic mass is 10.1. The average Bonchev–Trinajstić information content (AvgIpc) is 2.66. The van der Waals surface area contributed by atoms with Crippen molar-refractivity contribution in [1.29, 1.82) is 0 Å². The smallest absolute Gasteiger partial charge is 0.262 e. The SMILES string of the molecule is CCc1ccc(NC(=O)CCS(=O)(=O)c2ccc3c(c2)NC(=O)CO3)cc1. The molecule has 1 aliphatic heterocycles. The Morgan fingerprint density at radius 1 is 1.19 bits per heavy atom. The molecule has 3 rings (SSSR count). The largest absolute Gasteiger partial charge is 0.482 e. The van der Waals surface area contributed by atoms with Crippen LogP contribution in [0.4, 0.5) is 11.4 Å². The van der Waals surface area contributed by atoms with Gasteiger partial charge in [-0.15, -0.1) is 0 Å². The molecule has 142 valence electrons. The second-order valence-electron chi connectivity index (χ2n) is 6.16. The number of nitrogens with one attached hydrogen (secondary N) is 2. The van der Waals surface area contributed by atoms with Crippen LogP contribution >= 0.6 is 0 Å². The maximum absolute atomic E-state index is 12.5. The Morgan fingerprint density at radius 2 is 1.93 bits per heavy atom. The van der Waals surface area contributed by atoms with Gasteiger partial charge in [0.1, 0.15) is 5.75 Å². The van der Waals surface area contributed by atoms with E-state index in [4.69, 9.17) is 4.74 Å². The van der Waals surface area contributed by atoms with E-state index in [1.807, 2.05) is 19.1 Å². The summed E-state index contributed by atoms with van der Waals surface area (Å²) >= 11 is 0. The maximum Gasteiger partial charge on any atom is 0.262 e. The van der Waals surface area contributed by atoms with Crippen LogP contribution in [0.1, 0.15) is 18.9 Å². The third-order valence-electron chi connectivity index (χ3n) is 4.19. The van der Waals surface area contributed by atoms with Crippen molar-refractivity contribution in [2.75, 3.05) is 23.0 Å². The van der Waals surface area contributed by atoms with Crippen molar-refractivity contribution in [2.45, 2.75) is 24.7 Å². The molecule has 0 fully saturated rings. The number of fused-ring (bicyclic) bond motifs is 1. The van der Waals surface area contributed by atoms with Crippen LogP contribution in [0.2, 0.25) is 0 Å². The fourth-order valence-corrected chi connectivity index (χ4v) is 3.91. The molecule has 2 N–H and O–H groups in total. The topological polar surface area (TPSA) is 102 Å². The number of hydrogen-bond donors (Lipinski definition) is 2. The average molecular weight is 388 g/mol. The highest BCUT2D eigenvalue weighted by molar-refractivity contribution is 7.91. The zero-order valence-electron chi connectivity index (χ0n) is 14.8. The third kappa shape index (κ3) is 4.65. The molecule has 0 unspecified atom stereocenters. The van der Waals surface area contributed by atoms with Crippen molar-refractivity contribution in [1.82, 2.24) is 0 Å². The van der Waals surface area contributed by atoms with Gasteiger partial charge in [0.15, 0.2) is 16.4 Å². The van der Waals surface area contributed by atoms with Gasteiger partial charge in [0.25, 0.3) is 5.91 Å². The molecule has 7 nitrogen and oxygen atoms in total. The Morgan fingerprint density at radius 3 is 2.63 bits per heavy atom. The van der Waals surface area contributed by atoms with E-state index >= 15 is 0 Å². The molecule has 0 radical (unpaired) electrons. The highest BCUT2D eigenvalue weighted by Gasteiger charge is 2.21. The van der Waals surface area contributed by atoms with Gasteiger partial charge in [-0.05, 0) is 42.3 Å². The highest BCUT2D eigenvalue weighted by atomic mass is 32.2. The van der Waals surface area contributed by atoms with Crippen molar-refractivity contribution in [3.05, 3.63) is 48.0 Å². The van der Waals surface area contributed by atoms with E-state index in [2.05, 4.69) is 10.6 Å². The summed E-state index contributed by atoms with van der Waals surface area (Å²) in [7, 11) is -3.68. The molecule has 0 aliphatic carbocycles. The Balaban J connectivity index is 1.63. The van der Waals surface area contributed by atoms with Gasteiger partial charge in [-0.25, -0.2) is 8.42 Å². The molecule has 2 amide bonds. The number of anilines is 2. The van der Waals surface area contributed by atoms with Gasteiger partial charge in [-0.1, -0.05) is 19.1 Å². The minimum atomic E-state index is -3.68. The quantitative estimate of drug-likeness (QED) is 0.791. The van der Waals surface area contributed by atoms with Crippen LogP contribution in [0.15, 0.2) is 47.4 Å². The number of hydrogen-bond acceptors (Lipinski definition) is 5. The van der Waals surface area contributed by atoms with E-state index < -0.39 is 9.84 Å². The van der Waals surface area contributed by atoms with Crippen molar-refractivity contribution >= 4 is 33.0 Å². The molecule has 2 aromatic rings. The molecule has 27 heavy (non-hydrogen) atoms. The van der Waals surface area contributed by atoms with Crippen LogP contribution in [0, 0.1) is 0 Å². The van der Waals surface area contributed by atoms with Crippen LogP contribution in [0.25, 0.3) is 0 Å². The van der Waals surface area contributed by atoms with Crippen LogP contribution in [-0.4, -0.2) is 32.6 Å². The minimum Gasteiger partial charge on any atom is -0.482 e. The Kier molecular flexibility index (Phi) is 5.46. The summed E-state index contributed by atoms with van der Waals surface area (Å²) in [5.74, 6) is -0.635. The van der Waals surface area contributed by atoms with Crippen LogP contribution in [-0.2, 0) is 25.8 Å². The predicted octanol–water partition coefficient (Wildman–Crippen LogP) is 2.38. The monoisotopic (exact) mass is 388 g/mol. The normalized spacial score (nSPS) is 13.3. The lowest BCUT2D eigenvalue weighted by Gasteiger charge is -2.18. The van der Waals surface area contributed by atoms with Gasteiger partial charge < -0.3 is 15.4 Å². The summed E-state index contributed by atoms with van der Waals surface area (Å²) in [6, 6.07) is 11.7. The molecule has 0 saturated carbocycles. The highest BCUT2D eigenvalue weighted by Crippen LogP contribution is 2.30. The molecule has 0 aromatic heterocycles. The van der Waals surface area contributed by atoms with Crippen molar-refractivity contribution < 1.29 is 22.7 Å². The molecular weight excluding hydrogens is 368 g/mol. The third-order valence-corrected chi connectivity index (χ3v) is 5.90. The number of sulfone groups is 1. The Bertz CT molecular complexity index is 968. The first-order valence-electron chi connectivity index (χ1n) is 8.55. The lowest BCUT2D eigenvalue weighted by molar-refractivity contribution is -0.118. The number of carbonyl (C=O) groups is 2. The zero-order chi connectivity index (χ0) is 19.4. The van der Waals surface area contributed by atoms with Crippen LogP contribution < -0.4 is 15.4 Å². The van der Waals surface area contributed by atoms with E-state index in [9.17, 15) is 18.0 Å². The van der Waals surface area contributed by atoms with Crippen molar-refractivity contribution in [3.8, 4) is 5.75 Å². The van der Waals surface area contributed by atoms with Crippen LogP contribution in [0.3, 0.4) is 0 Å². The lowest BCUT2D eigenvalue weighted by Crippen LogP contribution is -2.25.